The van der Waals surface area contributed by atoms with E-state index in [0.717, 1.165) is 51.4 Å². The first-order valence-electron chi connectivity index (χ1n) is 27.9. The van der Waals surface area contributed by atoms with Crippen LogP contribution in [0.4, 0.5) is 0 Å². The van der Waals surface area contributed by atoms with Crippen molar-refractivity contribution in [3.05, 3.63) is 0 Å². The third-order valence-electron chi connectivity index (χ3n) is 12.4. The van der Waals surface area contributed by atoms with E-state index >= 15 is 0 Å². The van der Waals surface area contributed by atoms with Crippen LogP contribution in [-0.4, -0.2) is 189 Å². The fourth-order valence-electron chi connectivity index (χ4n) is 7.83. The number of carbonyl (C=O) groups is 11. The summed E-state index contributed by atoms with van der Waals surface area (Å²) in [6, 6.07) is -4.32. The van der Waals surface area contributed by atoms with Crippen molar-refractivity contribution in [2.45, 2.75) is 192 Å². The number of amides is 6. The number of carbonyl (C=O) groups excluding carboxylic acids is 7. The summed E-state index contributed by atoms with van der Waals surface area (Å²) in [7, 11) is 1.69. The van der Waals surface area contributed by atoms with E-state index in [0.29, 0.717) is 32.2 Å². The van der Waals surface area contributed by atoms with Crippen molar-refractivity contribution in [2.24, 2.45) is 0 Å². The molecule has 454 valence electrons. The monoisotopic (exact) mass is 1130 g/mol. The second kappa shape index (κ2) is 49.2. The van der Waals surface area contributed by atoms with Crippen molar-refractivity contribution in [3.8, 4) is 0 Å². The molecule has 26 nitrogen and oxygen atoms in total. The Kier molecular flexibility index (Phi) is 45.6. The summed E-state index contributed by atoms with van der Waals surface area (Å²) < 4.78 is 21.2. The average Bonchev–Trinajstić information content (AvgIpc) is 3.39. The first-order chi connectivity index (χ1) is 37.9. The average molecular weight is 1130 g/mol. The van der Waals surface area contributed by atoms with Crippen molar-refractivity contribution in [3.63, 3.8) is 0 Å². The third-order valence-corrected chi connectivity index (χ3v) is 12.4. The highest BCUT2D eigenvalue weighted by Gasteiger charge is 2.25. The van der Waals surface area contributed by atoms with Crippen LogP contribution in [0.2, 0.25) is 0 Å². The zero-order valence-corrected chi connectivity index (χ0v) is 46.7. The van der Waals surface area contributed by atoms with E-state index in [1.54, 1.807) is 7.05 Å². The van der Waals surface area contributed by atoms with Crippen LogP contribution in [-0.2, 0) is 71.7 Å². The molecule has 2 unspecified atom stereocenters. The van der Waals surface area contributed by atoms with E-state index in [-0.39, 0.29) is 122 Å². The van der Waals surface area contributed by atoms with E-state index in [2.05, 4.69) is 37.2 Å². The molecule has 0 saturated carbocycles. The summed E-state index contributed by atoms with van der Waals surface area (Å²) in [4.78, 5) is 131. The molecule has 0 aliphatic carbocycles. The first kappa shape index (κ1) is 73.2. The van der Waals surface area contributed by atoms with Gasteiger partial charge in [-0.25, -0.2) is 14.4 Å². The van der Waals surface area contributed by atoms with Crippen LogP contribution < -0.4 is 37.2 Å². The number of hydrogen-bond donors (Lipinski definition) is 11. The molecule has 0 rings (SSSR count). The van der Waals surface area contributed by atoms with Crippen molar-refractivity contribution in [2.75, 3.05) is 79.5 Å². The lowest BCUT2D eigenvalue weighted by Gasteiger charge is -2.17. The van der Waals surface area contributed by atoms with Crippen molar-refractivity contribution < 1.29 is 92.1 Å². The molecule has 0 heterocycles. The summed E-state index contributed by atoms with van der Waals surface area (Å²) in [5, 5.41) is 55.1. The van der Waals surface area contributed by atoms with Gasteiger partial charge in [-0.05, 0) is 65.3 Å². The second-order valence-electron chi connectivity index (χ2n) is 19.2. The molecule has 0 aliphatic rings. The quantitative estimate of drug-likeness (QED) is 0.0389. The van der Waals surface area contributed by atoms with Crippen LogP contribution in [0.3, 0.4) is 0 Å². The predicted molar refractivity (Wildman–Crippen MR) is 288 cm³/mol. The van der Waals surface area contributed by atoms with Crippen LogP contribution in [0.5, 0.6) is 0 Å². The van der Waals surface area contributed by atoms with Crippen molar-refractivity contribution in [1.82, 2.24) is 37.2 Å². The Morgan fingerprint density at radius 2 is 0.696 bits per heavy atom. The Hall–Kier alpha value is -5.83. The molecule has 0 bridgehead atoms. The Morgan fingerprint density at radius 3 is 1.11 bits per heavy atom. The fourth-order valence-corrected chi connectivity index (χ4v) is 7.83. The van der Waals surface area contributed by atoms with Gasteiger partial charge in [0.15, 0.2) is 0 Å². The molecule has 79 heavy (non-hydrogen) atoms. The molecule has 4 atom stereocenters. The van der Waals surface area contributed by atoms with Crippen LogP contribution in [0.25, 0.3) is 0 Å². The van der Waals surface area contributed by atoms with E-state index in [1.165, 1.54) is 39.0 Å². The van der Waals surface area contributed by atoms with Gasteiger partial charge >= 0.3 is 23.9 Å². The fraction of sp³-hybridized carbons (Fsp3) is 0.792. The number of rotatable bonds is 55. The van der Waals surface area contributed by atoms with E-state index in [1.807, 2.05) is 0 Å². The molecule has 0 spiro atoms. The van der Waals surface area contributed by atoms with Crippen LogP contribution in [0.1, 0.15) is 167 Å². The molecule has 0 fully saturated rings. The van der Waals surface area contributed by atoms with Gasteiger partial charge in [0, 0.05) is 51.7 Å². The Labute approximate surface area is 464 Å². The lowest BCUT2D eigenvalue weighted by Crippen LogP contribution is -2.45. The summed E-state index contributed by atoms with van der Waals surface area (Å²) in [6.07, 6.45) is 15.8. The molecular formula is C53H93N7O19. The minimum atomic E-state index is -1.48. The number of hydrogen-bond acceptors (Lipinski definition) is 16. The number of aliphatic carboxylic acids is 4. The topological polar surface area (TPSA) is 390 Å². The van der Waals surface area contributed by atoms with E-state index < -0.39 is 84.6 Å². The number of carboxylic acids is 4. The molecule has 6 amide bonds. The SMILES string of the molecule is CNC(CCCCNC(=O)CC[C@H](NC(=O)CCC(NC(=O)COCCOCCNC(=O)COCCOCCNC(=O)CC[C@H](NC(=O)CCCCCCCCCCCCCCCCC(=O)O)C(=O)O)C(=O)O)C(=O)O)C(C)=O. The first-order valence-corrected chi connectivity index (χ1v) is 27.9. The maximum atomic E-state index is 12.5. The van der Waals surface area contributed by atoms with E-state index in [4.69, 9.17) is 24.1 Å². The third kappa shape index (κ3) is 45.7. The number of ketones is 1. The summed E-state index contributed by atoms with van der Waals surface area (Å²) in [5.41, 5.74) is 0. The minimum absolute atomic E-state index is 0.0165. The summed E-state index contributed by atoms with van der Waals surface area (Å²) in [6.45, 7) is 1.83. The van der Waals surface area contributed by atoms with Gasteiger partial charge in [-0.15, -0.1) is 0 Å². The Morgan fingerprint density at radius 1 is 0.342 bits per heavy atom. The van der Waals surface area contributed by atoms with Gasteiger partial charge in [-0.2, -0.15) is 0 Å². The van der Waals surface area contributed by atoms with Gasteiger partial charge in [-0.1, -0.05) is 77.0 Å². The van der Waals surface area contributed by atoms with Gasteiger partial charge < -0.3 is 76.6 Å². The number of Topliss-reactive ketones (excluding diaryl/α,β-unsaturated/α-hetero) is 1. The number of likely N-dealkylation sites (N-methyl/N-ethyl adjacent to an activating group) is 1. The van der Waals surface area contributed by atoms with Gasteiger partial charge in [0.2, 0.25) is 35.4 Å². The molecule has 11 N–H and O–H groups in total. The molecule has 0 aromatic carbocycles. The number of carboxylic acid groups (broad SMARTS) is 4. The van der Waals surface area contributed by atoms with Gasteiger partial charge in [0.1, 0.15) is 37.1 Å². The number of unbranched alkanes of at least 4 members (excludes halogenated alkanes) is 14. The minimum Gasteiger partial charge on any atom is -0.481 e. The molecule has 0 aliphatic heterocycles. The van der Waals surface area contributed by atoms with Gasteiger partial charge in [0.25, 0.3) is 0 Å². The predicted octanol–water partition coefficient (Wildman–Crippen LogP) is 2.12. The molecule has 26 heteroatoms. The Bertz CT molecular complexity index is 1790. The maximum absolute atomic E-state index is 12.5. The summed E-state index contributed by atoms with van der Waals surface area (Å²) >= 11 is 0. The molecule has 0 aromatic rings. The zero-order chi connectivity index (χ0) is 58.9. The van der Waals surface area contributed by atoms with E-state index in [9.17, 15) is 68.1 Å². The standard InChI is InChI=1S/C53H93N7O19/c1-39(61)40(54-2)19-17-18-28-55-44(62)25-22-42(52(72)73)59-47(65)27-24-43(53(74)75)60-49(67)38-79-36-34-77-32-30-57-48(66)37-78-35-33-76-31-29-56-45(63)26-23-41(51(70)71)58-46(64)20-15-13-11-9-7-5-3-4-6-8-10-12-14-16-21-50(68)69/h40-43,54H,3-38H2,1-2H3,(H,55,62)(H,56,63)(H,57,66)(H,58,64)(H,59,65)(H,60,67)(H,68,69)(H,70,71)(H,72,73)(H,74,75)/t40?,41-,42-,43?/m0/s1. The van der Waals surface area contributed by atoms with Crippen LogP contribution in [0, 0.1) is 0 Å². The van der Waals surface area contributed by atoms with Crippen molar-refractivity contribution in [1.29, 1.82) is 0 Å². The molecule has 0 radical (unpaired) electrons. The summed E-state index contributed by atoms with van der Waals surface area (Å²) in [5.74, 6) is -7.88. The van der Waals surface area contributed by atoms with Crippen molar-refractivity contribution >= 4 is 65.1 Å². The maximum Gasteiger partial charge on any atom is 0.326 e. The molecular weight excluding hydrogens is 1040 g/mol. The molecule has 0 aromatic heterocycles. The van der Waals surface area contributed by atoms with Crippen LogP contribution in [0.15, 0.2) is 0 Å². The lowest BCUT2D eigenvalue weighted by molar-refractivity contribution is -0.144. The Balaban J connectivity index is 3.97. The largest absolute Gasteiger partial charge is 0.481 e. The second-order valence-corrected chi connectivity index (χ2v) is 19.2. The normalized spacial score (nSPS) is 12.5. The number of nitrogens with one attached hydrogen (secondary N) is 7. The number of ether oxygens (including phenoxy) is 4. The highest BCUT2D eigenvalue weighted by molar-refractivity contribution is 5.87. The van der Waals surface area contributed by atoms with Gasteiger partial charge in [0.05, 0.1) is 45.7 Å². The smallest absolute Gasteiger partial charge is 0.326 e. The zero-order valence-electron chi connectivity index (χ0n) is 46.7. The van der Waals surface area contributed by atoms with Gasteiger partial charge in [-0.3, -0.25) is 38.4 Å². The lowest BCUT2D eigenvalue weighted by atomic mass is 10.0. The van der Waals surface area contributed by atoms with Crippen LogP contribution >= 0.6 is 0 Å². The highest BCUT2D eigenvalue weighted by Crippen LogP contribution is 2.14. The molecule has 0 saturated heterocycles. The highest BCUT2D eigenvalue weighted by atomic mass is 16.5.